The fraction of sp³-hybridized carbons (Fsp3) is 0.143. The molecule has 0 aliphatic heterocycles. The lowest BCUT2D eigenvalue weighted by Crippen LogP contribution is -2.04. The molecule has 0 bridgehead atoms. The number of nitrogens with one attached hydrogen (secondary N) is 2. The number of anilines is 3. The van der Waals surface area contributed by atoms with Crippen molar-refractivity contribution in [2.45, 2.75) is 6.92 Å². The normalized spacial score (nSPS) is 10.2. The van der Waals surface area contributed by atoms with E-state index in [4.69, 9.17) is 0 Å². The fourth-order valence-electron chi connectivity index (χ4n) is 1.91. The summed E-state index contributed by atoms with van der Waals surface area (Å²) in [6.07, 6.45) is 0. The third-order valence-electron chi connectivity index (χ3n) is 2.79. The molecule has 2 aromatic rings. The van der Waals surface area contributed by atoms with E-state index in [9.17, 15) is 14.5 Å². The molecule has 110 valence electrons. The van der Waals surface area contributed by atoms with Crippen molar-refractivity contribution in [1.29, 1.82) is 0 Å². The van der Waals surface area contributed by atoms with Crippen LogP contribution >= 0.6 is 15.9 Å². The Morgan fingerprint density at radius 3 is 2.57 bits per heavy atom. The molecule has 2 N–H and O–H groups in total. The second-order valence-electron chi connectivity index (χ2n) is 4.24. The standard InChI is InChI=1S/C14H13BrFN3O2/c1-2-17-12-4-3-5-13(14(12)19(20)21)18-11-7-6-9(15)8-10(11)16/h3-8,17-18H,2H2,1H3. The van der Waals surface area contributed by atoms with Gasteiger partial charge < -0.3 is 10.6 Å². The van der Waals surface area contributed by atoms with Crippen molar-refractivity contribution in [2.24, 2.45) is 0 Å². The highest BCUT2D eigenvalue weighted by molar-refractivity contribution is 9.10. The van der Waals surface area contributed by atoms with Crippen molar-refractivity contribution >= 4 is 38.7 Å². The summed E-state index contributed by atoms with van der Waals surface area (Å²) in [4.78, 5) is 10.8. The Bertz CT molecular complexity index is 679. The van der Waals surface area contributed by atoms with E-state index in [1.165, 1.54) is 12.1 Å². The number of halogens is 2. The molecule has 0 spiro atoms. The van der Waals surface area contributed by atoms with Crippen molar-refractivity contribution in [1.82, 2.24) is 0 Å². The van der Waals surface area contributed by atoms with Gasteiger partial charge in [0.2, 0.25) is 0 Å². The van der Waals surface area contributed by atoms with E-state index in [2.05, 4.69) is 26.6 Å². The van der Waals surface area contributed by atoms with Crippen LogP contribution in [0.2, 0.25) is 0 Å². The molecule has 0 aliphatic rings. The zero-order valence-corrected chi connectivity index (χ0v) is 12.8. The molecule has 0 aromatic heterocycles. The van der Waals surface area contributed by atoms with Gasteiger partial charge in [0.25, 0.3) is 0 Å². The number of benzene rings is 2. The maximum Gasteiger partial charge on any atom is 0.315 e. The van der Waals surface area contributed by atoms with Gasteiger partial charge in [-0.2, -0.15) is 0 Å². The number of para-hydroxylation sites is 1. The lowest BCUT2D eigenvalue weighted by atomic mass is 10.2. The maximum atomic E-state index is 13.8. The highest BCUT2D eigenvalue weighted by atomic mass is 79.9. The Morgan fingerprint density at radius 1 is 1.24 bits per heavy atom. The van der Waals surface area contributed by atoms with Crippen molar-refractivity contribution < 1.29 is 9.31 Å². The van der Waals surface area contributed by atoms with Crippen LogP contribution in [0.4, 0.5) is 27.1 Å². The third-order valence-corrected chi connectivity index (χ3v) is 3.28. The van der Waals surface area contributed by atoms with Crippen LogP contribution in [0.1, 0.15) is 6.92 Å². The highest BCUT2D eigenvalue weighted by Gasteiger charge is 2.20. The van der Waals surface area contributed by atoms with Gasteiger partial charge in [-0.1, -0.05) is 22.0 Å². The molecule has 7 heteroatoms. The molecular formula is C14H13BrFN3O2. The van der Waals surface area contributed by atoms with Gasteiger partial charge in [-0.15, -0.1) is 0 Å². The second kappa shape index (κ2) is 6.53. The third kappa shape index (κ3) is 3.49. The predicted octanol–water partition coefficient (Wildman–Crippen LogP) is 4.67. The Labute approximate surface area is 129 Å². The predicted molar refractivity (Wildman–Crippen MR) is 84.6 cm³/mol. The topological polar surface area (TPSA) is 67.2 Å². The summed E-state index contributed by atoms with van der Waals surface area (Å²) in [7, 11) is 0. The Morgan fingerprint density at radius 2 is 1.95 bits per heavy atom. The van der Waals surface area contributed by atoms with Crippen LogP contribution in [0.5, 0.6) is 0 Å². The minimum Gasteiger partial charge on any atom is -0.380 e. The van der Waals surface area contributed by atoms with Crippen LogP contribution in [-0.4, -0.2) is 11.5 Å². The molecule has 2 aromatic carbocycles. The molecule has 5 nitrogen and oxygen atoms in total. The minimum absolute atomic E-state index is 0.110. The maximum absolute atomic E-state index is 13.8. The summed E-state index contributed by atoms with van der Waals surface area (Å²) < 4.78 is 14.4. The number of nitrogens with zero attached hydrogens (tertiary/aromatic N) is 1. The highest BCUT2D eigenvalue weighted by Crippen LogP contribution is 2.35. The Kier molecular flexibility index (Phi) is 4.74. The van der Waals surface area contributed by atoms with Crippen LogP contribution in [0, 0.1) is 15.9 Å². The van der Waals surface area contributed by atoms with Crippen LogP contribution in [0.25, 0.3) is 0 Å². The first-order valence-electron chi connectivity index (χ1n) is 6.26. The number of nitro benzene ring substituents is 1. The average molecular weight is 354 g/mol. The molecule has 0 saturated heterocycles. The van der Waals surface area contributed by atoms with Crippen LogP contribution in [-0.2, 0) is 0 Å². The summed E-state index contributed by atoms with van der Waals surface area (Å²) in [6, 6.07) is 9.30. The van der Waals surface area contributed by atoms with Gasteiger partial charge in [-0.25, -0.2) is 4.39 Å². The summed E-state index contributed by atoms with van der Waals surface area (Å²) >= 11 is 3.17. The van der Waals surface area contributed by atoms with Gasteiger partial charge >= 0.3 is 5.69 Å². The van der Waals surface area contributed by atoms with E-state index in [-0.39, 0.29) is 17.1 Å². The Hall–Kier alpha value is -2.15. The van der Waals surface area contributed by atoms with Gasteiger partial charge in [0.05, 0.1) is 10.6 Å². The first-order valence-corrected chi connectivity index (χ1v) is 7.05. The molecule has 2 rings (SSSR count). The molecule has 0 fully saturated rings. The van der Waals surface area contributed by atoms with Gasteiger partial charge in [-0.3, -0.25) is 10.1 Å². The summed E-state index contributed by atoms with van der Waals surface area (Å²) in [5, 5.41) is 17.0. The van der Waals surface area contributed by atoms with Crippen LogP contribution < -0.4 is 10.6 Å². The molecule has 0 radical (unpaired) electrons. The van der Waals surface area contributed by atoms with E-state index in [1.54, 1.807) is 24.3 Å². The van der Waals surface area contributed by atoms with Gasteiger partial charge in [0, 0.05) is 11.0 Å². The lowest BCUT2D eigenvalue weighted by molar-refractivity contribution is -0.383. The summed E-state index contributed by atoms with van der Waals surface area (Å²) in [6.45, 7) is 2.40. The lowest BCUT2D eigenvalue weighted by Gasteiger charge is -2.11. The van der Waals surface area contributed by atoms with E-state index >= 15 is 0 Å². The first-order chi connectivity index (χ1) is 10.0. The molecule has 0 unspecified atom stereocenters. The largest absolute Gasteiger partial charge is 0.380 e. The molecule has 0 saturated carbocycles. The SMILES string of the molecule is CCNc1cccc(Nc2ccc(Br)cc2F)c1[N+](=O)[O-]. The number of hydrogen-bond donors (Lipinski definition) is 2. The molecule has 0 amide bonds. The zero-order chi connectivity index (χ0) is 15.4. The number of nitro groups is 1. The fourth-order valence-corrected chi connectivity index (χ4v) is 2.24. The quantitative estimate of drug-likeness (QED) is 0.605. The second-order valence-corrected chi connectivity index (χ2v) is 5.15. The van der Waals surface area contributed by atoms with E-state index in [1.807, 2.05) is 6.92 Å². The van der Waals surface area contributed by atoms with Crippen LogP contribution in [0.3, 0.4) is 0 Å². The van der Waals surface area contributed by atoms with Crippen molar-refractivity contribution in [3.8, 4) is 0 Å². The van der Waals surface area contributed by atoms with Gasteiger partial charge in [0.15, 0.2) is 0 Å². The molecule has 0 aliphatic carbocycles. The molecule has 0 atom stereocenters. The average Bonchev–Trinajstić information content (AvgIpc) is 2.42. The van der Waals surface area contributed by atoms with E-state index in [0.717, 1.165) is 0 Å². The van der Waals surface area contributed by atoms with Crippen molar-refractivity contribution in [3.63, 3.8) is 0 Å². The minimum atomic E-state index is -0.493. The summed E-state index contributed by atoms with van der Waals surface area (Å²) in [5.41, 5.74) is 0.696. The molecule has 21 heavy (non-hydrogen) atoms. The molecular weight excluding hydrogens is 341 g/mol. The van der Waals surface area contributed by atoms with Crippen molar-refractivity contribution in [3.05, 3.63) is 56.8 Å². The monoisotopic (exact) mass is 353 g/mol. The van der Waals surface area contributed by atoms with Crippen molar-refractivity contribution in [2.75, 3.05) is 17.2 Å². The van der Waals surface area contributed by atoms with E-state index < -0.39 is 10.7 Å². The summed E-state index contributed by atoms with van der Waals surface area (Å²) in [5.74, 6) is -0.493. The first kappa shape index (κ1) is 15.2. The zero-order valence-electron chi connectivity index (χ0n) is 11.2. The molecule has 0 heterocycles. The van der Waals surface area contributed by atoms with Crippen LogP contribution in [0.15, 0.2) is 40.9 Å². The Balaban J connectivity index is 2.43. The van der Waals surface area contributed by atoms with Gasteiger partial charge in [-0.05, 0) is 37.3 Å². The van der Waals surface area contributed by atoms with Gasteiger partial charge in [0.1, 0.15) is 17.2 Å². The van der Waals surface area contributed by atoms with E-state index in [0.29, 0.717) is 16.7 Å². The smallest absolute Gasteiger partial charge is 0.315 e. The number of hydrogen-bond acceptors (Lipinski definition) is 4. The number of rotatable bonds is 5.